The number of methoxy groups -OCH3 is 1. The minimum absolute atomic E-state index is 0.154. The number of carbonyl (C=O) groups excluding carboxylic acids is 1. The van der Waals surface area contributed by atoms with Crippen LogP contribution in [-0.4, -0.2) is 66.8 Å². The molecule has 0 atom stereocenters. The van der Waals surface area contributed by atoms with Crippen LogP contribution in [0.15, 0.2) is 36.5 Å². The van der Waals surface area contributed by atoms with Gasteiger partial charge >= 0.3 is 0 Å². The van der Waals surface area contributed by atoms with Crippen molar-refractivity contribution in [3.63, 3.8) is 0 Å². The van der Waals surface area contributed by atoms with E-state index >= 15 is 0 Å². The van der Waals surface area contributed by atoms with Crippen LogP contribution in [0.4, 0.5) is 22.7 Å². The average Bonchev–Trinajstić information content (AvgIpc) is 2.75. The first-order chi connectivity index (χ1) is 15.1. The van der Waals surface area contributed by atoms with Crippen molar-refractivity contribution >= 4 is 28.7 Å². The Bertz CT molecular complexity index is 891. The van der Waals surface area contributed by atoms with Gasteiger partial charge in [0.25, 0.3) is 0 Å². The normalized spacial score (nSPS) is 17.8. The minimum Gasteiger partial charge on any atom is -0.481 e. The fraction of sp³-hybridized carbons (Fsp3) is 0.478. The molecule has 8 heteroatoms. The molecule has 0 bridgehead atoms. The summed E-state index contributed by atoms with van der Waals surface area (Å²) in [4.78, 5) is 20.6. The molecule has 2 aliphatic rings. The zero-order valence-electron chi connectivity index (χ0n) is 18.2. The van der Waals surface area contributed by atoms with Gasteiger partial charge in [-0.2, -0.15) is 0 Å². The predicted molar refractivity (Wildman–Crippen MR) is 122 cm³/mol. The van der Waals surface area contributed by atoms with E-state index in [0.29, 0.717) is 30.1 Å². The number of rotatable bonds is 7. The van der Waals surface area contributed by atoms with Crippen LogP contribution in [0.25, 0.3) is 0 Å². The summed E-state index contributed by atoms with van der Waals surface area (Å²) in [5.41, 5.74) is 3.46. The van der Waals surface area contributed by atoms with E-state index in [0.717, 1.165) is 50.4 Å². The largest absolute Gasteiger partial charge is 0.481 e. The summed E-state index contributed by atoms with van der Waals surface area (Å²) in [6, 6.07) is 10.7. The Morgan fingerprint density at radius 3 is 2.52 bits per heavy atom. The van der Waals surface area contributed by atoms with E-state index < -0.39 is 0 Å². The minimum atomic E-state index is -0.154. The molecule has 1 amide bonds. The third-order valence-electron chi connectivity index (χ3n) is 6.20. The molecule has 1 aromatic carbocycles. The average molecular weight is 426 g/mol. The number of nitrogens with zero attached hydrogens (tertiary/aromatic N) is 3. The molecule has 0 aliphatic carbocycles. The monoisotopic (exact) mass is 425 g/mol. The van der Waals surface area contributed by atoms with Gasteiger partial charge in [0.1, 0.15) is 0 Å². The molecule has 3 N–H and O–H groups in total. The van der Waals surface area contributed by atoms with Crippen molar-refractivity contribution in [1.82, 2.24) is 9.88 Å². The zero-order chi connectivity index (χ0) is 21.8. The first-order valence-electron chi connectivity index (χ1n) is 10.8. The van der Waals surface area contributed by atoms with Gasteiger partial charge in [0.15, 0.2) is 0 Å². The maximum atomic E-state index is 11.5. The summed E-state index contributed by atoms with van der Waals surface area (Å²) in [5.74, 6) is 0.806. The lowest BCUT2D eigenvalue weighted by atomic mass is 9.95. The lowest BCUT2D eigenvalue weighted by molar-refractivity contribution is -0.114. The maximum Gasteiger partial charge on any atom is 0.221 e. The van der Waals surface area contributed by atoms with Crippen LogP contribution in [0.2, 0.25) is 0 Å². The number of pyridine rings is 1. The van der Waals surface area contributed by atoms with Crippen molar-refractivity contribution < 1.29 is 14.6 Å². The third kappa shape index (κ3) is 5.08. The Balaban J connectivity index is 1.35. The first kappa shape index (κ1) is 21.4. The molecule has 4 rings (SSSR count). The van der Waals surface area contributed by atoms with Gasteiger partial charge in [0.05, 0.1) is 24.7 Å². The van der Waals surface area contributed by atoms with E-state index in [9.17, 15) is 9.90 Å². The summed E-state index contributed by atoms with van der Waals surface area (Å²) in [7, 11) is 1.56. The molecular weight excluding hydrogens is 394 g/mol. The summed E-state index contributed by atoms with van der Waals surface area (Å²) in [6.07, 6.45) is 3.79. The lowest BCUT2D eigenvalue weighted by Gasteiger charge is -2.48. The number of hydrogen-bond acceptors (Lipinski definition) is 7. The summed E-state index contributed by atoms with van der Waals surface area (Å²) in [5, 5.41) is 15.4. The highest BCUT2D eigenvalue weighted by molar-refractivity contribution is 5.93. The van der Waals surface area contributed by atoms with Crippen molar-refractivity contribution in [2.24, 2.45) is 5.92 Å². The summed E-state index contributed by atoms with van der Waals surface area (Å²) >= 11 is 0. The molecule has 2 saturated heterocycles. The molecule has 3 heterocycles. The highest BCUT2D eigenvalue weighted by atomic mass is 16.5. The van der Waals surface area contributed by atoms with Crippen molar-refractivity contribution in [1.29, 1.82) is 0 Å². The van der Waals surface area contributed by atoms with Gasteiger partial charge in [-0.3, -0.25) is 9.69 Å². The van der Waals surface area contributed by atoms with Crippen LogP contribution in [-0.2, 0) is 4.79 Å². The van der Waals surface area contributed by atoms with Gasteiger partial charge in [0.2, 0.25) is 11.8 Å². The molecule has 2 aromatic rings. The molecule has 8 nitrogen and oxygen atoms in total. The van der Waals surface area contributed by atoms with Gasteiger partial charge in [0, 0.05) is 50.1 Å². The number of aromatic nitrogens is 1. The fourth-order valence-electron chi connectivity index (χ4n) is 4.25. The predicted octanol–water partition coefficient (Wildman–Crippen LogP) is 2.69. The second kappa shape index (κ2) is 9.53. The zero-order valence-corrected chi connectivity index (χ0v) is 18.2. The molecule has 1 aromatic heterocycles. The Kier molecular flexibility index (Phi) is 6.58. The standard InChI is InChI=1S/C23H31N5O3/c1-16(30)25-22-12-24-23(31-2)11-21(22)26-18-3-5-19(6-4-18)28-13-20(14-28)27-9-7-17(15-29)8-10-27/h3-6,11-12,17,20,29H,7-10,13-15H2,1-2H3,(H,24,26)(H,25,30). The number of aliphatic hydroxyl groups is 1. The number of carbonyl (C=O) groups is 1. The fourth-order valence-corrected chi connectivity index (χ4v) is 4.25. The van der Waals surface area contributed by atoms with Crippen LogP contribution < -0.4 is 20.3 Å². The number of ether oxygens (including phenoxy) is 1. The Hall–Kier alpha value is -2.84. The Labute approximate surface area is 183 Å². The van der Waals surface area contributed by atoms with Crippen LogP contribution in [0.1, 0.15) is 19.8 Å². The maximum absolute atomic E-state index is 11.5. The Morgan fingerprint density at radius 1 is 1.19 bits per heavy atom. The Morgan fingerprint density at radius 2 is 1.90 bits per heavy atom. The summed E-state index contributed by atoms with van der Waals surface area (Å²) in [6.45, 7) is 6.08. The van der Waals surface area contributed by atoms with Gasteiger partial charge in [-0.1, -0.05) is 0 Å². The highest BCUT2D eigenvalue weighted by Crippen LogP contribution is 2.31. The van der Waals surface area contributed by atoms with Gasteiger partial charge < -0.3 is 25.4 Å². The molecule has 0 saturated carbocycles. The number of benzene rings is 1. The van der Waals surface area contributed by atoms with Crippen molar-refractivity contribution in [2.45, 2.75) is 25.8 Å². The summed E-state index contributed by atoms with van der Waals surface area (Å²) < 4.78 is 5.21. The van der Waals surface area contributed by atoms with Crippen LogP contribution in [0.5, 0.6) is 5.88 Å². The molecule has 166 valence electrons. The van der Waals surface area contributed by atoms with E-state index in [-0.39, 0.29) is 5.91 Å². The van der Waals surface area contributed by atoms with E-state index in [1.165, 1.54) is 12.6 Å². The third-order valence-corrected chi connectivity index (χ3v) is 6.20. The van der Waals surface area contributed by atoms with E-state index in [2.05, 4.69) is 37.6 Å². The number of anilines is 4. The first-order valence-corrected chi connectivity index (χ1v) is 10.8. The van der Waals surface area contributed by atoms with Gasteiger partial charge in [-0.15, -0.1) is 0 Å². The van der Waals surface area contributed by atoms with Gasteiger partial charge in [-0.25, -0.2) is 4.98 Å². The van der Waals surface area contributed by atoms with Crippen LogP contribution >= 0.6 is 0 Å². The molecule has 2 aliphatic heterocycles. The van der Waals surface area contributed by atoms with Crippen LogP contribution in [0, 0.1) is 5.92 Å². The number of amides is 1. The number of likely N-dealkylation sites (tertiary alicyclic amines) is 1. The molecule has 0 radical (unpaired) electrons. The topological polar surface area (TPSA) is 90.0 Å². The van der Waals surface area contributed by atoms with Crippen molar-refractivity contribution in [3.8, 4) is 5.88 Å². The smallest absolute Gasteiger partial charge is 0.221 e. The van der Waals surface area contributed by atoms with Gasteiger partial charge in [-0.05, 0) is 56.1 Å². The second-order valence-electron chi connectivity index (χ2n) is 8.35. The van der Waals surface area contributed by atoms with E-state index in [1.54, 1.807) is 19.4 Å². The van der Waals surface area contributed by atoms with E-state index in [1.807, 2.05) is 12.1 Å². The number of hydrogen-bond donors (Lipinski definition) is 3. The van der Waals surface area contributed by atoms with Crippen molar-refractivity contribution in [2.75, 3.05) is 55.4 Å². The molecule has 2 fully saturated rings. The highest BCUT2D eigenvalue weighted by Gasteiger charge is 2.33. The second-order valence-corrected chi connectivity index (χ2v) is 8.35. The number of nitrogens with one attached hydrogen (secondary N) is 2. The van der Waals surface area contributed by atoms with Crippen LogP contribution in [0.3, 0.4) is 0 Å². The number of aliphatic hydroxyl groups excluding tert-OH is 1. The molecular formula is C23H31N5O3. The quantitative estimate of drug-likeness (QED) is 0.628. The van der Waals surface area contributed by atoms with E-state index in [4.69, 9.17) is 4.74 Å². The van der Waals surface area contributed by atoms with Crippen molar-refractivity contribution in [3.05, 3.63) is 36.5 Å². The lowest BCUT2D eigenvalue weighted by Crippen LogP contribution is -2.61. The molecule has 0 unspecified atom stereocenters. The SMILES string of the molecule is COc1cc(Nc2ccc(N3CC(N4CCC(CO)CC4)C3)cc2)c(NC(C)=O)cn1. The molecule has 0 spiro atoms. The number of piperidine rings is 1. The molecule has 31 heavy (non-hydrogen) atoms.